The maximum absolute atomic E-state index is 12.3. The average molecular weight is 291 g/mol. The van der Waals surface area contributed by atoms with Gasteiger partial charge in [-0.3, -0.25) is 0 Å². The number of carboxylic acids is 1. The second-order valence-corrected chi connectivity index (χ2v) is 6.16. The summed E-state index contributed by atoms with van der Waals surface area (Å²) in [5.41, 5.74) is 0. The molecule has 104 valence electrons. The Bertz CT molecular complexity index is 572. The van der Waals surface area contributed by atoms with Crippen molar-refractivity contribution in [2.45, 2.75) is 23.8 Å². The molecule has 1 fully saturated rings. The number of carboxylic acid groups (broad SMARTS) is 1. The molecule has 1 atom stereocenters. The third-order valence-electron chi connectivity index (χ3n) is 3.14. The van der Waals surface area contributed by atoms with E-state index in [9.17, 15) is 18.3 Å². The van der Waals surface area contributed by atoms with Gasteiger partial charge in [0.15, 0.2) is 0 Å². The van der Waals surface area contributed by atoms with E-state index in [1.165, 1.54) is 31.4 Å². The van der Waals surface area contributed by atoms with Crippen molar-refractivity contribution in [3.8, 4) is 5.75 Å². The van der Waals surface area contributed by atoms with Crippen molar-refractivity contribution >= 4 is 16.0 Å². The number of benzene rings is 1. The minimum atomic E-state index is -3.80. The van der Waals surface area contributed by atoms with Gasteiger partial charge in [-0.25, -0.2) is 8.42 Å². The van der Waals surface area contributed by atoms with Crippen LogP contribution in [-0.4, -0.2) is 38.4 Å². The number of carbonyl (C=O) groups excluding carboxylic acids is 1. The molecule has 2 rings (SSSR count). The van der Waals surface area contributed by atoms with E-state index >= 15 is 0 Å². The van der Waals surface area contributed by atoms with Crippen LogP contribution in [0.5, 0.6) is 5.75 Å². The SMILES string of the molecule is COc1ccc(S(=O)(=O)N2CCC[C@H]2C(=O)[O-])cc1.[Li+]. The first-order valence-electron chi connectivity index (χ1n) is 5.83. The summed E-state index contributed by atoms with van der Waals surface area (Å²) in [7, 11) is -2.32. The van der Waals surface area contributed by atoms with Gasteiger partial charge in [-0.15, -0.1) is 0 Å². The largest absolute Gasteiger partial charge is 1.00 e. The third kappa shape index (κ3) is 3.18. The van der Waals surface area contributed by atoms with Gasteiger partial charge in [0.05, 0.1) is 24.0 Å². The van der Waals surface area contributed by atoms with E-state index in [2.05, 4.69) is 0 Å². The van der Waals surface area contributed by atoms with E-state index < -0.39 is 22.0 Å². The van der Waals surface area contributed by atoms with Crippen LogP contribution in [0.15, 0.2) is 29.2 Å². The molecular weight excluding hydrogens is 277 g/mol. The molecule has 0 aliphatic carbocycles. The van der Waals surface area contributed by atoms with Crippen LogP contribution in [0.2, 0.25) is 0 Å². The Morgan fingerprint density at radius 3 is 2.45 bits per heavy atom. The number of carbonyl (C=O) groups is 1. The molecule has 1 aromatic rings. The van der Waals surface area contributed by atoms with E-state index in [-0.39, 0.29) is 36.7 Å². The molecule has 8 heteroatoms. The summed E-state index contributed by atoms with van der Waals surface area (Å²) in [5.74, 6) is -0.814. The molecular formula is C12H14LiNO5S. The zero-order valence-corrected chi connectivity index (χ0v) is 12.2. The van der Waals surface area contributed by atoms with Gasteiger partial charge in [-0.1, -0.05) is 0 Å². The third-order valence-corrected chi connectivity index (χ3v) is 5.06. The van der Waals surface area contributed by atoms with Crippen molar-refractivity contribution in [2.75, 3.05) is 13.7 Å². The topological polar surface area (TPSA) is 86.7 Å². The van der Waals surface area contributed by atoms with Gasteiger partial charge in [0.1, 0.15) is 5.75 Å². The normalized spacial score (nSPS) is 19.4. The predicted octanol–water partition coefficient (Wildman–Crippen LogP) is -3.40. The summed E-state index contributed by atoms with van der Waals surface area (Å²) < 4.78 is 30.6. The van der Waals surface area contributed by atoms with Crippen LogP contribution in [-0.2, 0) is 14.8 Å². The Hall–Kier alpha value is -1.00. The molecule has 1 saturated heterocycles. The molecule has 0 spiro atoms. The summed E-state index contributed by atoms with van der Waals surface area (Å²) in [4.78, 5) is 11.0. The fourth-order valence-corrected chi connectivity index (χ4v) is 3.79. The first-order valence-corrected chi connectivity index (χ1v) is 7.27. The fraction of sp³-hybridized carbons (Fsp3) is 0.417. The molecule has 0 radical (unpaired) electrons. The van der Waals surface area contributed by atoms with E-state index in [1.807, 2.05) is 0 Å². The molecule has 0 aromatic heterocycles. The van der Waals surface area contributed by atoms with Gasteiger partial charge < -0.3 is 14.6 Å². The molecule has 0 saturated carbocycles. The second-order valence-electron chi connectivity index (χ2n) is 4.27. The van der Waals surface area contributed by atoms with Gasteiger partial charge in [-0.2, -0.15) is 4.31 Å². The van der Waals surface area contributed by atoms with Crippen LogP contribution in [0.4, 0.5) is 0 Å². The summed E-state index contributed by atoms with van der Waals surface area (Å²) in [6.45, 7) is 0.201. The minimum absolute atomic E-state index is 0. The zero-order chi connectivity index (χ0) is 14.0. The molecule has 0 N–H and O–H groups in total. The number of hydrogen-bond donors (Lipinski definition) is 0. The maximum Gasteiger partial charge on any atom is 1.00 e. The van der Waals surface area contributed by atoms with E-state index in [0.29, 0.717) is 12.2 Å². The van der Waals surface area contributed by atoms with Crippen molar-refractivity contribution < 1.29 is 41.9 Å². The van der Waals surface area contributed by atoms with Gasteiger partial charge in [0.2, 0.25) is 10.0 Å². The molecule has 1 aliphatic heterocycles. The number of rotatable bonds is 4. The van der Waals surface area contributed by atoms with Crippen molar-refractivity contribution in [3.63, 3.8) is 0 Å². The van der Waals surface area contributed by atoms with Crippen molar-refractivity contribution in [2.24, 2.45) is 0 Å². The number of methoxy groups -OCH3 is 1. The average Bonchev–Trinajstić information content (AvgIpc) is 2.89. The van der Waals surface area contributed by atoms with E-state index in [1.54, 1.807) is 0 Å². The van der Waals surface area contributed by atoms with E-state index in [0.717, 1.165) is 4.31 Å². The van der Waals surface area contributed by atoms with Crippen molar-refractivity contribution in [1.29, 1.82) is 0 Å². The minimum Gasteiger partial charge on any atom is -0.548 e. The van der Waals surface area contributed by atoms with Crippen molar-refractivity contribution in [3.05, 3.63) is 24.3 Å². The van der Waals surface area contributed by atoms with Gasteiger partial charge in [0, 0.05) is 6.54 Å². The quantitative estimate of drug-likeness (QED) is 0.540. The van der Waals surface area contributed by atoms with Gasteiger partial charge in [-0.05, 0) is 37.1 Å². The summed E-state index contributed by atoms with van der Waals surface area (Å²) in [6, 6.07) is 4.78. The molecule has 0 unspecified atom stereocenters. The number of aliphatic carboxylic acids is 1. The van der Waals surface area contributed by atoms with Crippen LogP contribution in [0.25, 0.3) is 0 Å². The Morgan fingerprint density at radius 1 is 1.35 bits per heavy atom. The van der Waals surface area contributed by atoms with Crippen LogP contribution < -0.4 is 28.7 Å². The number of nitrogens with zero attached hydrogens (tertiary/aromatic N) is 1. The summed E-state index contributed by atoms with van der Waals surface area (Å²) >= 11 is 0. The van der Waals surface area contributed by atoms with Crippen LogP contribution in [0.3, 0.4) is 0 Å². The van der Waals surface area contributed by atoms with Gasteiger partial charge >= 0.3 is 18.9 Å². The van der Waals surface area contributed by atoms with Crippen LogP contribution >= 0.6 is 0 Å². The molecule has 20 heavy (non-hydrogen) atoms. The predicted molar refractivity (Wildman–Crippen MR) is 64.9 cm³/mol. The number of hydrogen-bond acceptors (Lipinski definition) is 5. The Balaban J connectivity index is 0.00000200. The van der Waals surface area contributed by atoms with Gasteiger partial charge in [0.25, 0.3) is 0 Å². The first kappa shape index (κ1) is 17.1. The molecule has 1 aliphatic rings. The Labute approximate surface area is 130 Å². The van der Waals surface area contributed by atoms with Crippen LogP contribution in [0, 0.1) is 0 Å². The molecule has 0 bridgehead atoms. The zero-order valence-electron chi connectivity index (χ0n) is 11.4. The fourth-order valence-electron chi connectivity index (χ4n) is 2.15. The first-order chi connectivity index (χ1) is 8.96. The molecule has 0 amide bonds. The van der Waals surface area contributed by atoms with Crippen molar-refractivity contribution in [1.82, 2.24) is 4.31 Å². The Kier molecular flexibility index (Phi) is 5.66. The van der Waals surface area contributed by atoms with E-state index in [4.69, 9.17) is 4.74 Å². The monoisotopic (exact) mass is 291 g/mol. The molecule has 6 nitrogen and oxygen atoms in total. The molecule has 1 heterocycles. The summed E-state index contributed by atoms with van der Waals surface area (Å²) in [6.07, 6.45) is 0.811. The van der Waals surface area contributed by atoms with Crippen LogP contribution in [0.1, 0.15) is 12.8 Å². The molecule has 1 aromatic carbocycles. The second kappa shape index (κ2) is 6.63. The smallest absolute Gasteiger partial charge is 0.548 e. The Morgan fingerprint density at radius 2 is 1.95 bits per heavy atom. The number of ether oxygens (including phenoxy) is 1. The number of sulfonamides is 1. The summed E-state index contributed by atoms with van der Waals surface area (Å²) in [5, 5.41) is 11.0. The standard InChI is InChI=1S/C12H15NO5S.Li/c1-18-9-4-6-10(7-5-9)19(16,17)13-8-2-3-11(13)12(14)15;/h4-7,11H,2-3,8H2,1H3,(H,14,15);/q;+1/p-1/t11-;/m0./s1. The maximum atomic E-state index is 12.3.